The average Bonchev–Trinajstić information content (AvgIpc) is 4.02. The molecule has 0 aromatic carbocycles. The number of ether oxygens (including phenoxy) is 2. The summed E-state index contributed by atoms with van der Waals surface area (Å²) in [6.45, 7) is 2.26. The molecule has 31 nitrogen and oxygen atoms in total. The molecular formula is C30H47N14O17P3. The van der Waals surface area contributed by atoms with Crippen molar-refractivity contribution in [1.29, 1.82) is 0 Å². The number of anilines is 4. The predicted octanol–water partition coefficient (Wildman–Crippen LogP) is -2.10. The lowest BCUT2D eigenvalue weighted by atomic mass is 10.1. The van der Waals surface area contributed by atoms with E-state index in [1.54, 1.807) is 0 Å². The number of aliphatic hydroxyl groups excluding tert-OH is 4. The Balaban J connectivity index is 1.01. The van der Waals surface area contributed by atoms with Crippen LogP contribution in [0.4, 0.5) is 23.4 Å². The van der Waals surface area contributed by atoms with E-state index in [4.69, 9.17) is 47.9 Å². The fourth-order valence-electron chi connectivity index (χ4n) is 6.43. The van der Waals surface area contributed by atoms with Gasteiger partial charge in [0.05, 0.1) is 37.9 Å². The zero-order chi connectivity index (χ0) is 46.7. The molecule has 2 aliphatic rings. The Morgan fingerprint density at radius 2 is 1.61 bits per heavy atom. The molecule has 64 heavy (non-hydrogen) atoms. The smallest absolute Gasteiger partial charge is 0.387 e. The van der Waals surface area contributed by atoms with Crippen LogP contribution >= 0.6 is 23.2 Å². The zero-order valence-electron chi connectivity index (χ0n) is 34.3. The van der Waals surface area contributed by atoms with Gasteiger partial charge >= 0.3 is 23.2 Å². The van der Waals surface area contributed by atoms with Crippen molar-refractivity contribution in [3.05, 3.63) is 51.7 Å². The van der Waals surface area contributed by atoms with E-state index in [0.29, 0.717) is 0 Å². The van der Waals surface area contributed by atoms with Crippen LogP contribution in [-0.4, -0.2) is 156 Å². The van der Waals surface area contributed by atoms with E-state index in [-0.39, 0.29) is 53.3 Å². The number of hydrogen-bond donors (Lipinski definition) is 10. The second-order valence-corrected chi connectivity index (χ2v) is 19.7. The van der Waals surface area contributed by atoms with E-state index >= 15 is 0 Å². The summed E-state index contributed by atoms with van der Waals surface area (Å²) in [7, 11) is -8.74. The van der Waals surface area contributed by atoms with Gasteiger partial charge in [-0.05, 0) is 0 Å². The number of imidazole rings is 1. The standard InChI is InChI=1S/C30H47N14O17P3/c1-6-43(23-17(33-2)25(49)38-29(31)36-23)27-21(47)20(46)16(59-27)11-58-64(53,56-5)61-62(51,54-3)12-14-9-42(41-40-14)8-7-35-63(52,55-4)57-10-15-19(45)22(48)28(60-15)44-13-34-18-24(44)37-30(32)39-26(18)50/h6,9,13,15-16,19-22,27-28,33,45-48H,1,7-8,10-12H2,2-5H3,(H,35,52)(H3,31,36,38,49)(H3,32,37,39,50)/t15-,16-,19?,20?,21?,22?,27-,28-,62?,63?,64?/m1/s1. The topological polar surface area (TPSA) is 425 Å². The number of rotatable bonds is 22. The maximum atomic E-state index is 13.7. The minimum absolute atomic E-state index is 0.0126. The molecule has 6 rings (SSSR count). The highest BCUT2D eigenvalue weighted by Crippen LogP contribution is 2.66. The van der Waals surface area contributed by atoms with Gasteiger partial charge in [-0.2, -0.15) is 9.97 Å². The molecule has 6 heterocycles. The summed E-state index contributed by atoms with van der Waals surface area (Å²) in [5, 5.41) is 56.2. The van der Waals surface area contributed by atoms with E-state index < -0.39 is 103 Å². The molecule has 4 aromatic rings. The van der Waals surface area contributed by atoms with Crippen molar-refractivity contribution in [2.75, 3.05) is 69.8 Å². The molecule has 12 N–H and O–H groups in total. The fourth-order valence-corrected chi connectivity index (χ4v) is 10.8. The molecule has 2 aliphatic heterocycles. The first-order chi connectivity index (χ1) is 30.3. The van der Waals surface area contributed by atoms with E-state index in [2.05, 4.69) is 52.2 Å². The van der Waals surface area contributed by atoms with Crippen molar-refractivity contribution < 1.29 is 70.5 Å². The van der Waals surface area contributed by atoms with Crippen molar-refractivity contribution in [1.82, 2.24) is 49.6 Å². The van der Waals surface area contributed by atoms with Gasteiger partial charge in [0.2, 0.25) is 11.9 Å². The number of nitrogens with two attached hydrogens (primary N) is 2. The van der Waals surface area contributed by atoms with Gasteiger partial charge in [-0.15, -0.1) is 5.10 Å². The number of nitrogen functional groups attached to an aromatic ring is 2. The number of phosphoric ester groups is 1. The molecule has 7 unspecified atom stereocenters. The molecule has 0 bridgehead atoms. The molecule has 0 radical (unpaired) electrons. The van der Waals surface area contributed by atoms with E-state index in [1.165, 1.54) is 35.0 Å². The van der Waals surface area contributed by atoms with Crippen LogP contribution in [0.5, 0.6) is 0 Å². The maximum absolute atomic E-state index is 13.7. The van der Waals surface area contributed by atoms with Gasteiger partial charge in [0.25, 0.3) is 11.1 Å². The predicted molar refractivity (Wildman–Crippen MR) is 219 cm³/mol. The third-order valence-electron chi connectivity index (χ3n) is 9.64. The minimum Gasteiger partial charge on any atom is -0.387 e. The van der Waals surface area contributed by atoms with Gasteiger partial charge in [0, 0.05) is 47.3 Å². The molecule has 2 fully saturated rings. The number of aliphatic hydroxyl groups is 4. The Kier molecular flexibility index (Phi) is 15.2. The second-order valence-electron chi connectivity index (χ2n) is 13.7. The summed E-state index contributed by atoms with van der Waals surface area (Å²) in [5.41, 5.74) is 9.94. The van der Waals surface area contributed by atoms with Crippen LogP contribution in [0.1, 0.15) is 11.9 Å². The summed E-state index contributed by atoms with van der Waals surface area (Å²) in [5.74, 6) is -0.575. The van der Waals surface area contributed by atoms with Crippen molar-refractivity contribution >= 4 is 57.7 Å². The van der Waals surface area contributed by atoms with Gasteiger partial charge in [-0.1, -0.05) is 11.8 Å². The van der Waals surface area contributed by atoms with E-state index in [0.717, 1.165) is 26.2 Å². The number of aromatic amines is 2. The maximum Gasteiger partial charge on any atom is 0.481 e. The Labute approximate surface area is 360 Å². The van der Waals surface area contributed by atoms with E-state index in [1.807, 2.05) is 0 Å². The molecule has 354 valence electrons. The van der Waals surface area contributed by atoms with Crippen LogP contribution in [0.15, 0.2) is 34.9 Å². The van der Waals surface area contributed by atoms with Crippen LogP contribution < -0.4 is 37.9 Å². The number of fused-ring (bicyclic) bond motifs is 1. The van der Waals surface area contributed by atoms with E-state index in [9.17, 15) is 43.7 Å². The molecule has 0 amide bonds. The average molecular weight is 969 g/mol. The first kappa shape index (κ1) is 48.9. The van der Waals surface area contributed by atoms with Crippen LogP contribution in [0, 0.1) is 0 Å². The summed E-state index contributed by atoms with van der Waals surface area (Å²) in [6.07, 6.45) is -8.64. The molecule has 0 saturated carbocycles. The lowest BCUT2D eigenvalue weighted by Crippen LogP contribution is -2.42. The largest absolute Gasteiger partial charge is 0.481 e. The number of phosphoric acid groups is 1. The first-order valence-electron chi connectivity index (χ1n) is 18.7. The summed E-state index contributed by atoms with van der Waals surface area (Å²) < 4.78 is 85.7. The first-order valence-corrected chi connectivity index (χ1v) is 23.4. The summed E-state index contributed by atoms with van der Waals surface area (Å²) in [4.78, 5) is 42.4. The van der Waals surface area contributed by atoms with Crippen molar-refractivity contribution in [3.8, 4) is 0 Å². The fraction of sp³-hybridized carbons (Fsp3) is 0.567. The second kappa shape index (κ2) is 19.9. The number of H-pyrrole nitrogens is 2. The summed E-state index contributed by atoms with van der Waals surface area (Å²) in [6, 6.07) is 0. The summed E-state index contributed by atoms with van der Waals surface area (Å²) >= 11 is 0. The number of nitrogens with zero attached hydrogens (tertiary/aromatic N) is 8. The Hall–Kier alpha value is -4.52. The highest BCUT2D eigenvalue weighted by molar-refractivity contribution is 7.64. The molecule has 34 heteroatoms. The molecule has 0 aliphatic carbocycles. The zero-order valence-corrected chi connectivity index (χ0v) is 36.9. The monoisotopic (exact) mass is 968 g/mol. The van der Waals surface area contributed by atoms with Crippen LogP contribution in [-0.2, 0) is 62.8 Å². The number of aromatic nitrogens is 9. The van der Waals surface area contributed by atoms with Crippen LogP contribution in [0.2, 0.25) is 0 Å². The molecule has 11 atom stereocenters. The van der Waals surface area contributed by atoms with Crippen LogP contribution in [0.3, 0.4) is 0 Å². The SMILES string of the molecule is C=CN(c1nc(N)[nH]c(=O)c1NC)[C@@H]1O[C@H](COP(=O)(OC)OP(=O)(Cc2cn(CCNP(=O)(OC)OC[C@H]3O[C@@H](n4cnc5c(=O)[nH]c(N)nc54)C(O)C3O)nn2)OC)C(O)C1O. The molecule has 4 aromatic heterocycles. The molecule has 0 spiro atoms. The Bertz CT molecular complexity index is 2560. The van der Waals surface area contributed by atoms with Gasteiger partial charge < -0.3 is 60.6 Å². The third-order valence-corrected chi connectivity index (χ3v) is 15.2. The quantitative estimate of drug-likeness (QED) is 0.0377. The van der Waals surface area contributed by atoms with Gasteiger partial charge in [0.15, 0.2) is 29.4 Å². The van der Waals surface area contributed by atoms with Gasteiger partial charge in [-0.3, -0.25) is 46.9 Å². The number of nitrogens with one attached hydrogen (secondary N) is 4. The normalized spacial score (nSPS) is 26.4. The van der Waals surface area contributed by atoms with Crippen molar-refractivity contribution in [2.45, 2.75) is 61.8 Å². The van der Waals surface area contributed by atoms with Crippen LogP contribution in [0.25, 0.3) is 11.2 Å². The minimum atomic E-state index is -4.76. The Morgan fingerprint density at radius 3 is 2.28 bits per heavy atom. The highest BCUT2D eigenvalue weighted by Gasteiger charge is 2.49. The van der Waals surface area contributed by atoms with Gasteiger partial charge in [0.1, 0.15) is 42.3 Å². The Morgan fingerprint density at radius 1 is 0.938 bits per heavy atom. The third kappa shape index (κ3) is 10.4. The lowest BCUT2D eigenvalue weighted by molar-refractivity contribution is -0.0490. The molecular weight excluding hydrogens is 921 g/mol. The highest BCUT2D eigenvalue weighted by atomic mass is 31.3. The van der Waals surface area contributed by atoms with Gasteiger partial charge in [-0.25, -0.2) is 23.5 Å². The number of hydrogen-bond acceptors (Lipinski definition) is 26. The molecule has 2 saturated heterocycles. The lowest BCUT2D eigenvalue weighted by Gasteiger charge is -2.29. The van der Waals surface area contributed by atoms with Crippen molar-refractivity contribution in [2.24, 2.45) is 0 Å². The van der Waals surface area contributed by atoms with Crippen molar-refractivity contribution in [3.63, 3.8) is 0 Å².